The number of hydrogen-bond acceptors (Lipinski definition) is 4. The second-order valence-corrected chi connectivity index (χ2v) is 7.52. The molecule has 1 aliphatic heterocycles. The van der Waals surface area contributed by atoms with Gasteiger partial charge in [0.05, 0.1) is 23.7 Å². The first-order valence-electron chi connectivity index (χ1n) is 6.94. The first kappa shape index (κ1) is 17.2. The molecule has 2 heterocycles. The van der Waals surface area contributed by atoms with Crippen molar-refractivity contribution >= 4 is 17.2 Å². The summed E-state index contributed by atoms with van der Waals surface area (Å²) in [7, 11) is 0. The summed E-state index contributed by atoms with van der Waals surface area (Å²) >= 11 is 1.43. The predicted octanol–water partition coefficient (Wildman–Crippen LogP) is 2.51. The number of rotatable bonds is 2. The lowest BCUT2D eigenvalue weighted by atomic mass is 9.98. The molecule has 1 saturated heterocycles. The molecule has 1 fully saturated rings. The Labute approximate surface area is 131 Å². The molecule has 8 heteroatoms. The number of nitrogens with zero attached hydrogens (tertiary/aromatic N) is 2. The van der Waals surface area contributed by atoms with Crippen LogP contribution >= 0.6 is 11.3 Å². The van der Waals surface area contributed by atoms with Crippen LogP contribution in [0.1, 0.15) is 37.9 Å². The number of β-amino-alcohol motifs (C(OH)–C–C–N with tert-alkyl or cyclic N) is 1. The van der Waals surface area contributed by atoms with Crippen LogP contribution in [-0.2, 0) is 16.6 Å². The molecule has 0 radical (unpaired) electrons. The van der Waals surface area contributed by atoms with Gasteiger partial charge in [-0.05, 0) is 0 Å². The van der Waals surface area contributed by atoms with E-state index in [9.17, 15) is 23.1 Å². The van der Waals surface area contributed by atoms with Gasteiger partial charge in [0.1, 0.15) is 0 Å². The Hall–Kier alpha value is -1.15. The van der Waals surface area contributed by atoms with E-state index in [0.29, 0.717) is 5.69 Å². The van der Waals surface area contributed by atoms with Gasteiger partial charge in [-0.1, -0.05) is 20.8 Å². The number of halogens is 3. The molecule has 0 saturated carbocycles. The fraction of sp³-hybridized carbons (Fsp3) is 0.714. The van der Waals surface area contributed by atoms with Crippen LogP contribution in [-0.4, -0.2) is 45.8 Å². The van der Waals surface area contributed by atoms with Gasteiger partial charge in [0, 0.05) is 23.8 Å². The number of carbonyl (C=O) groups is 1. The number of aliphatic hydroxyl groups is 1. The van der Waals surface area contributed by atoms with Crippen molar-refractivity contribution in [2.45, 2.75) is 50.8 Å². The summed E-state index contributed by atoms with van der Waals surface area (Å²) in [6, 6.07) is 0. The van der Waals surface area contributed by atoms with Crippen molar-refractivity contribution in [3.05, 3.63) is 16.1 Å². The van der Waals surface area contributed by atoms with Gasteiger partial charge >= 0.3 is 6.18 Å². The summed E-state index contributed by atoms with van der Waals surface area (Å²) in [5.41, 5.74) is -2.36. The van der Waals surface area contributed by atoms with Crippen LogP contribution < -0.4 is 0 Å². The minimum absolute atomic E-state index is 0.0412. The number of likely N-dealkylation sites (tertiary alicyclic amines) is 1. The van der Waals surface area contributed by atoms with Gasteiger partial charge in [-0.3, -0.25) is 4.79 Å². The summed E-state index contributed by atoms with van der Waals surface area (Å²) in [5.74, 6) is -0.439. The molecule has 0 aromatic carbocycles. The molecular weight excluding hydrogens is 317 g/mol. The zero-order valence-corrected chi connectivity index (χ0v) is 13.5. The van der Waals surface area contributed by atoms with Crippen molar-refractivity contribution in [3.8, 4) is 0 Å². The number of amides is 1. The van der Waals surface area contributed by atoms with Crippen molar-refractivity contribution in [3.63, 3.8) is 0 Å². The van der Waals surface area contributed by atoms with Gasteiger partial charge in [0.2, 0.25) is 5.91 Å². The molecule has 4 nitrogen and oxygen atoms in total. The van der Waals surface area contributed by atoms with Gasteiger partial charge in [-0.15, -0.1) is 11.3 Å². The van der Waals surface area contributed by atoms with Gasteiger partial charge in [0.25, 0.3) is 0 Å². The molecule has 0 bridgehead atoms. The van der Waals surface area contributed by atoms with Crippen molar-refractivity contribution in [1.29, 1.82) is 0 Å². The van der Waals surface area contributed by atoms with Crippen molar-refractivity contribution in [2.24, 2.45) is 0 Å². The zero-order valence-electron chi connectivity index (χ0n) is 12.7. The molecule has 0 aliphatic carbocycles. The van der Waals surface area contributed by atoms with Gasteiger partial charge in [-0.25, -0.2) is 4.98 Å². The standard InChI is InChI=1S/C14H19F3N2O2S/c1-12(2,3)11-18-9(7-22-11)6-10(20)19-5-4-13(21,8-19)14(15,16)17/h7,21H,4-6,8H2,1-3H3/t13-/m1/s1. The topological polar surface area (TPSA) is 53.4 Å². The lowest BCUT2D eigenvalue weighted by Crippen LogP contribution is -2.48. The lowest BCUT2D eigenvalue weighted by molar-refractivity contribution is -0.253. The minimum atomic E-state index is -4.72. The van der Waals surface area contributed by atoms with Crippen molar-refractivity contribution < 1.29 is 23.1 Å². The van der Waals surface area contributed by atoms with E-state index in [-0.39, 0.29) is 18.4 Å². The van der Waals surface area contributed by atoms with Crippen molar-refractivity contribution in [1.82, 2.24) is 9.88 Å². The monoisotopic (exact) mass is 336 g/mol. The second kappa shape index (κ2) is 5.49. The molecule has 1 atom stereocenters. The first-order valence-corrected chi connectivity index (χ1v) is 7.82. The molecule has 1 amide bonds. The number of carbonyl (C=O) groups excluding carboxylic acids is 1. The second-order valence-electron chi connectivity index (χ2n) is 6.67. The predicted molar refractivity (Wildman–Crippen MR) is 76.7 cm³/mol. The van der Waals surface area contributed by atoms with E-state index >= 15 is 0 Å². The molecule has 1 aliphatic rings. The Morgan fingerprint density at radius 3 is 2.55 bits per heavy atom. The van der Waals surface area contributed by atoms with Crippen molar-refractivity contribution in [2.75, 3.05) is 13.1 Å². The third-order valence-electron chi connectivity index (χ3n) is 3.65. The van der Waals surface area contributed by atoms with Gasteiger partial charge < -0.3 is 10.0 Å². The first-order chi connectivity index (χ1) is 9.92. The van der Waals surface area contributed by atoms with Crippen LogP contribution in [0.25, 0.3) is 0 Å². The van der Waals surface area contributed by atoms with Crippen LogP contribution in [0.15, 0.2) is 5.38 Å². The summed E-state index contributed by atoms with van der Waals surface area (Å²) in [6.07, 6.45) is -5.24. The molecule has 1 aromatic heterocycles. The highest BCUT2D eigenvalue weighted by molar-refractivity contribution is 7.09. The van der Waals surface area contributed by atoms with Crippen LogP contribution in [0, 0.1) is 0 Å². The molecule has 2 rings (SSSR count). The van der Waals surface area contributed by atoms with E-state index in [1.165, 1.54) is 11.3 Å². The Balaban J connectivity index is 2.01. The maximum atomic E-state index is 12.7. The Bertz CT molecular complexity index is 565. The minimum Gasteiger partial charge on any atom is -0.379 e. The Morgan fingerprint density at radius 2 is 2.09 bits per heavy atom. The highest BCUT2D eigenvalue weighted by atomic mass is 32.1. The Kier molecular flexibility index (Phi) is 4.29. The van der Waals surface area contributed by atoms with E-state index in [0.717, 1.165) is 9.91 Å². The fourth-order valence-electron chi connectivity index (χ4n) is 2.24. The number of hydrogen-bond donors (Lipinski definition) is 1. The molecular formula is C14H19F3N2O2S. The van der Waals surface area contributed by atoms with Crippen LogP contribution in [0.5, 0.6) is 0 Å². The number of alkyl halides is 3. The van der Waals surface area contributed by atoms with Gasteiger partial charge in [-0.2, -0.15) is 13.2 Å². The maximum Gasteiger partial charge on any atom is 0.419 e. The third-order valence-corrected chi connectivity index (χ3v) is 4.97. The molecule has 1 aromatic rings. The summed E-state index contributed by atoms with van der Waals surface area (Å²) in [6.45, 7) is 5.21. The highest BCUT2D eigenvalue weighted by Crippen LogP contribution is 2.37. The Morgan fingerprint density at radius 1 is 1.45 bits per heavy atom. The molecule has 0 unspecified atom stereocenters. The van der Waals surface area contributed by atoms with E-state index in [1.54, 1.807) is 5.38 Å². The quantitative estimate of drug-likeness (QED) is 0.903. The molecule has 124 valence electrons. The average molecular weight is 336 g/mol. The van der Waals surface area contributed by atoms with Gasteiger partial charge in [0.15, 0.2) is 5.60 Å². The van der Waals surface area contributed by atoms with Crippen LogP contribution in [0.3, 0.4) is 0 Å². The van der Waals surface area contributed by atoms with Crippen LogP contribution in [0.2, 0.25) is 0 Å². The van der Waals surface area contributed by atoms with Crippen LogP contribution in [0.4, 0.5) is 13.2 Å². The fourth-order valence-corrected chi connectivity index (χ4v) is 3.14. The van der Waals surface area contributed by atoms with E-state index < -0.39 is 30.7 Å². The number of aromatic nitrogens is 1. The normalized spacial score (nSPS) is 23.1. The average Bonchev–Trinajstić information content (AvgIpc) is 2.95. The van der Waals surface area contributed by atoms with E-state index in [1.807, 2.05) is 20.8 Å². The molecule has 1 N–H and O–H groups in total. The smallest absolute Gasteiger partial charge is 0.379 e. The lowest BCUT2D eigenvalue weighted by Gasteiger charge is -2.25. The maximum absolute atomic E-state index is 12.7. The zero-order chi connectivity index (χ0) is 16.8. The third kappa shape index (κ3) is 3.43. The summed E-state index contributed by atoms with van der Waals surface area (Å²) in [5, 5.41) is 12.2. The SMILES string of the molecule is CC(C)(C)c1nc(CC(=O)N2CC[C@](O)(C(F)(F)F)C2)cs1. The van der Waals surface area contributed by atoms with E-state index in [2.05, 4.69) is 4.98 Å². The molecule has 22 heavy (non-hydrogen) atoms. The largest absolute Gasteiger partial charge is 0.419 e. The highest BCUT2D eigenvalue weighted by Gasteiger charge is 2.57. The summed E-state index contributed by atoms with van der Waals surface area (Å²) < 4.78 is 38.2. The van der Waals surface area contributed by atoms with E-state index in [4.69, 9.17) is 0 Å². The summed E-state index contributed by atoms with van der Waals surface area (Å²) in [4.78, 5) is 17.5. The molecule has 0 spiro atoms. The number of thiazole rings is 1.